The van der Waals surface area contributed by atoms with Crippen molar-refractivity contribution in [2.75, 3.05) is 17.7 Å². The minimum atomic E-state index is -0.0875. The topological polar surface area (TPSA) is 41.1 Å². The highest BCUT2D eigenvalue weighted by Gasteiger charge is 2.13. The summed E-state index contributed by atoms with van der Waals surface area (Å²) in [6.07, 6.45) is 0. The molecule has 20 heavy (non-hydrogen) atoms. The lowest BCUT2D eigenvalue weighted by Crippen LogP contribution is -2.15. The number of hydrogen-bond donors (Lipinski definition) is 2. The van der Waals surface area contributed by atoms with Gasteiger partial charge in [0.25, 0.3) is 5.91 Å². The largest absolute Gasteiger partial charge is 0.387 e. The summed E-state index contributed by atoms with van der Waals surface area (Å²) < 4.78 is 0. The van der Waals surface area contributed by atoms with Gasteiger partial charge in [-0.2, -0.15) is 0 Å². The molecule has 2 N–H and O–H groups in total. The average molecular weight is 268 g/mol. The lowest BCUT2D eigenvalue weighted by molar-refractivity contribution is 0.102. The number of benzene rings is 2. The fourth-order valence-electron chi connectivity index (χ4n) is 2.26. The summed E-state index contributed by atoms with van der Waals surface area (Å²) in [6, 6.07) is 11.8. The van der Waals surface area contributed by atoms with Gasteiger partial charge in [0.1, 0.15) is 0 Å². The summed E-state index contributed by atoms with van der Waals surface area (Å²) in [4.78, 5) is 12.5. The monoisotopic (exact) mass is 268 g/mol. The third-order valence-corrected chi connectivity index (χ3v) is 3.41. The van der Waals surface area contributed by atoms with E-state index in [0.717, 1.165) is 28.1 Å². The summed E-state index contributed by atoms with van der Waals surface area (Å²) in [5, 5.41) is 6.08. The van der Waals surface area contributed by atoms with Gasteiger partial charge in [0.2, 0.25) is 0 Å². The van der Waals surface area contributed by atoms with Crippen LogP contribution in [0.2, 0.25) is 0 Å². The van der Waals surface area contributed by atoms with Crippen LogP contribution in [0.1, 0.15) is 27.0 Å². The molecule has 2 aromatic carbocycles. The molecule has 0 saturated carbocycles. The summed E-state index contributed by atoms with van der Waals surface area (Å²) in [7, 11) is 1.82. The highest BCUT2D eigenvalue weighted by Crippen LogP contribution is 2.23. The minimum absolute atomic E-state index is 0.0875. The first-order valence-electron chi connectivity index (χ1n) is 6.69. The van der Waals surface area contributed by atoms with Crippen molar-refractivity contribution in [2.45, 2.75) is 20.8 Å². The second-order valence-electron chi connectivity index (χ2n) is 5.02. The maximum atomic E-state index is 12.5. The van der Waals surface area contributed by atoms with Crippen LogP contribution in [0.25, 0.3) is 0 Å². The van der Waals surface area contributed by atoms with E-state index in [0.29, 0.717) is 5.56 Å². The van der Waals surface area contributed by atoms with E-state index < -0.39 is 0 Å². The summed E-state index contributed by atoms with van der Waals surface area (Å²) >= 11 is 0. The summed E-state index contributed by atoms with van der Waals surface area (Å²) in [5.41, 5.74) is 5.58. The number of aryl methyl sites for hydroxylation is 3. The van der Waals surface area contributed by atoms with E-state index in [1.807, 2.05) is 64.2 Å². The molecular weight excluding hydrogens is 248 g/mol. The molecule has 0 heterocycles. The molecule has 104 valence electrons. The Morgan fingerprint density at radius 2 is 1.65 bits per heavy atom. The molecule has 0 aromatic heterocycles. The first-order chi connectivity index (χ1) is 9.52. The third kappa shape index (κ3) is 2.82. The zero-order valence-corrected chi connectivity index (χ0v) is 12.4. The van der Waals surface area contributed by atoms with Gasteiger partial charge in [-0.05, 0) is 44.0 Å². The standard InChI is InChI=1S/C17H20N2O/c1-11-8-9-15(18-4)14(10-11)17(20)19-16-12(2)6-5-7-13(16)3/h5-10,18H,1-4H3,(H,19,20). The molecule has 0 aliphatic heterocycles. The van der Waals surface area contributed by atoms with E-state index in [1.165, 1.54) is 0 Å². The molecule has 3 nitrogen and oxygen atoms in total. The van der Waals surface area contributed by atoms with E-state index in [9.17, 15) is 4.79 Å². The number of hydrogen-bond acceptors (Lipinski definition) is 2. The first kappa shape index (κ1) is 14.1. The van der Waals surface area contributed by atoms with E-state index in [2.05, 4.69) is 10.6 Å². The number of anilines is 2. The Morgan fingerprint density at radius 3 is 2.25 bits per heavy atom. The number of para-hydroxylation sites is 1. The molecule has 0 spiro atoms. The highest BCUT2D eigenvalue weighted by molar-refractivity contribution is 6.08. The molecule has 0 fully saturated rings. The molecule has 2 rings (SSSR count). The van der Waals surface area contributed by atoms with Gasteiger partial charge in [0.05, 0.1) is 5.56 Å². The summed E-state index contributed by atoms with van der Waals surface area (Å²) in [5.74, 6) is -0.0875. The van der Waals surface area contributed by atoms with Crippen LogP contribution >= 0.6 is 0 Å². The van der Waals surface area contributed by atoms with Gasteiger partial charge < -0.3 is 10.6 Å². The molecular formula is C17H20N2O. The van der Waals surface area contributed by atoms with Crippen LogP contribution in [0.15, 0.2) is 36.4 Å². The van der Waals surface area contributed by atoms with Crippen molar-refractivity contribution < 1.29 is 4.79 Å². The van der Waals surface area contributed by atoms with Gasteiger partial charge in [0, 0.05) is 18.4 Å². The second kappa shape index (κ2) is 5.78. The van der Waals surface area contributed by atoms with Crippen molar-refractivity contribution in [1.29, 1.82) is 0 Å². The quantitative estimate of drug-likeness (QED) is 0.886. The van der Waals surface area contributed by atoms with Crippen molar-refractivity contribution in [1.82, 2.24) is 0 Å². The van der Waals surface area contributed by atoms with Gasteiger partial charge >= 0.3 is 0 Å². The van der Waals surface area contributed by atoms with Crippen molar-refractivity contribution in [3.63, 3.8) is 0 Å². The van der Waals surface area contributed by atoms with E-state index in [1.54, 1.807) is 0 Å². The molecule has 3 heteroatoms. The Morgan fingerprint density at radius 1 is 1.00 bits per heavy atom. The maximum Gasteiger partial charge on any atom is 0.257 e. The fourth-order valence-corrected chi connectivity index (χ4v) is 2.26. The zero-order chi connectivity index (χ0) is 14.7. The SMILES string of the molecule is CNc1ccc(C)cc1C(=O)Nc1c(C)cccc1C. The average Bonchev–Trinajstić information content (AvgIpc) is 2.43. The number of amides is 1. The van der Waals surface area contributed by atoms with E-state index in [4.69, 9.17) is 0 Å². The third-order valence-electron chi connectivity index (χ3n) is 3.41. The lowest BCUT2D eigenvalue weighted by Gasteiger charge is -2.14. The second-order valence-corrected chi connectivity index (χ2v) is 5.02. The van der Waals surface area contributed by atoms with Crippen molar-refractivity contribution in [3.05, 3.63) is 58.7 Å². The minimum Gasteiger partial charge on any atom is -0.387 e. The number of carbonyl (C=O) groups is 1. The van der Waals surface area contributed by atoms with Gasteiger partial charge in [0.15, 0.2) is 0 Å². The fraction of sp³-hybridized carbons (Fsp3) is 0.235. The molecule has 1 amide bonds. The number of rotatable bonds is 3. The van der Waals surface area contributed by atoms with Crippen LogP contribution < -0.4 is 10.6 Å². The normalized spacial score (nSPS) is 10.2. The van der Waals surface area contributed by atoms with Crippen molar-refractivity contribution in [3.8, 4) is 0 Å². The molecule has 2 aromatic rings. The van der Waals surface area contributed by atoms with Crippen molar-refractivity contribution in [2.24, 2.45) is 0 Å². The van der Waals surface area contributed by atoms with Crippen LogP contribution in [0, 0.1) is 20.8 Å². The molecule has 0 saturated heterocycles. The van der Waals surface area contributed by atoms with Gasteiger partial charge in [-0.3, -0.25) is 4.79 Å². The highest BCUT2D eigenvalue weighted by atomic mass is 16.1. The Hall–Kier alpha value is -2.29. The molecule has 0 aliphatic rings. The zero-order valence-electron chi connectivity index (χ0n) is 12.4. The van der Waals surface area contributed by atoms with Crippen LogP contribution in [-0.4, -0.2) is 13.0 Å². The predicted octanol–water partition coefficient (Wildman–Crippen LogP) is 3.91. The molecule has 0 radical (unpaired) electrons. The van der Waals surface area contributed by atoms with Crippen LogP contribution in [0.4, 0.5) is 11.4 Å². The summed E-state index contributed by atoms with van der Waals surface area (Å²) in [6.45, 7) is 5.98. The Balaban J connectivity index is 2.35. The van der Waals surface area contributed by atoms with Gasteiger partial charge in [-0.1, -0.05) is 29.8 Å². The Kier molecular flexibility index (Phi) is 4.08. The first-order valence-corrected chi connectivity index (χ1v) is 6.69. The van der Waals surface area contributed by atoms with E-state index in [-0.39, 0.29) is 5.91 Å². The van der Waals surface area contributed by atoms with Gasteiger partial charge in [-0.25, -0.2) is 0 Å². The van der Waals surface area contributed by atoms with Crippen LogP contribution in [0.5, 0.6) is 0 Å². The molecule has 0 aliphatic carbocycles. The van der Waals surface area contributed by atoms with Crippen LogP contribution in [-0.2, 0) is 0 Å². The Labute approximate surface area is 120 Å². The molecule has 0 bridgehead atoms. The number of nitrogens with one attached hydrogen (secondary N) is 2. The van der Waals surface area contributed by atoms with Crippen molar-refractivity contribution >= 4 is 17.3 Å². The molecule has 0 atom stereocenters. The van der Waals surface area contributed by atoms with Crippen LogP contribution in [0.3, 0.4) is 0 Å². The van der Waals surface area contributed by atoms with Gasteiger partial charge in [-0.15, -0.1) is 0 Å². The molecule has 0 unspecified atom stereocenters. The maximum absolute atomic E-state index is 12.5. The predicted molar refractivity (Wildman–Crippen MR) is 84.6 cm³/mol. The Bertz CT molecular complexity index is 627. The van der Waals surface area contributed by atoms with E-state index >= 15 is 0 Å². The number of carbonyl (C=O) groups excluding carboxylic acids is 1. The lowest BCUT2D eigenvalue weighted by atomic mass is 10.1. The smallest absolute Gasteiger partial charge is 0.257 e.